The molecule has 2 heteroatoms. The van der Waals surface area contributed by atoms with Gasteiger partial charge in [-0.25, -0.2) is 0 Å². The lowest BCUT2D eigenvalue weighted by Gasteiger charge is -1.96. The predicted octanol–water partition coefficient (Wildman–Crippen LogP) is 1.59. The van der Waals surface area contributed by atoms with Crippen LogP contribution in [0.15, 0.2) is 35.9 Å². The van der Waals surface area contributed by atoms with E-state index in [2.05, 4.69) is 12.1 Å². The first kappa shape index (κ1) is 7.57. The average molecular weight is 169 g/mol. The third kappa shape index (κ3) is 1.72. The molecule has 0 radical (unpaired) electrons. The Hall–Kier alpha value is -0.533. The molecular formula is C8H9ClSi. The Morgan fingerprint density at radius 3 is 2.40 bits per heavy atom. The summed E-state index contributed by atoms with van der Waals surface area (Å²) < 4.78 is 0. The number of rotatable bonds is 1. The minimum atomic E-state index is 1.01. The highest BCUT2D eigenvalue weighted by molar-refractivity contribution is 6.47. The highest BCUT2D eigenvalue weighted by Crippen LogP contribution is 2.09. The third-order valence-corrected chi connectivity index (χ3v) is 2.95. The molecule has 0 saturated carbocycles. The van der Waals surface area contributed by atoms with E-state index in [-0.39, 0.29) is 0 Å². The lowest BCUT2D eigenvalue weighted by Crippen LogP contribution is -1.79. The van der Waals surface area contributed by atoms with Crippen molar-refractivity contribution in [2.75, 3.05) is 0 Å². The van der Waals surface area contributed by atoms with Crippen molar-refractivity contribution in [1.29, 1.82) is 0 Å². The predicted molar refractivity (Wildman–Crippen MR) is 50.2 cm³/mol. The van der Waals surface area contributed by atoms with Crippen LogP contribution in [0.3, 0.4) is 0 Å². The van der Waals surface area contributed by atoms with Crippen molar-refractivity contribution < 1.29 is 0 Å². The molecule has 0 heterocycles. The van der Waals surface area contributed by atoms with E-state index >= 15 is 0 Å². The molecule has 10 heavy (non-hydrogen) atoms. The summed E-state index contributed by atoms with van der Waals surface area (Å²) >= 11 is 5.56. The van der Waals surface area contributed by atoms with Crippen LogP contribution in [0.1, 0.15) is 5.56 Å². The molecule has 0 N–H and O–H groups in total. The SMILES string of the molecule is [SiH3]C(=CCl)c1ccccc1. The van der Waals surface area contributed by atoms with Gasteiger partial charge in [-0.3, -0.25) is 0 Å². The maximum Gasteiger partial charge on any atom is 0.0404 e. The van der Waals surface area contributed by atoms with Gasteiger partial charge in [0, 0.05) is 15.8 Å². The Kier molecular flexibility index (Phi) is 2.72. The van der Waals surface area contributed by atoms with Crippen molar-refractivity contribution in [2.24, 2.45) is 0 Å². The van der Waals surface area contributed by atoms with Gasteiger partial charge in [-0.15, -0.1) is 0 Å². The number of hydrogen-bond acceptors (Lipinski definition) is 0. The molecule has 0 spiro atoms. The van der Waals surface area contributed by atoms with Gasteiger partial charge in [-0.05, 0) is 5.56 Å². The fourth-order valence-corrected chi connectivity index (χ4v) is 1.22. The summed E-state index contributed by atoms with van der Waals surface area (Å²) in [4.78, 5) is 0. The number of halogens is 1. The molecule has 1 aromatic rings. The van der Waals surface area contributed by atoms with Gasteiger partial charge in [0.15, 0.2) is 0 Å². The normalized spacial score (nSPS) is 11.9. The zero-order valence-electron chi connectivity index (χ0n) is 5.84. The molecule has 0 aliphatic rings. The van der Waals surface area contributed by atoms with Crippen LogP contribution in [0.25, 0.3) is 5.20 Å². The molecule has 1 rings (SSSR count). The van der Waals surface area contributed by atoms with Crippen molar-refractivity contribution in [1.82, 2.24) is 0 Å². The zero-order valence-corrected chi connectivity index (χ0v) is 8.60. The van der Waals surface area contributed by atoms with Gasteiger partial charge >= 0.3 is 0 Å². The lowest BCUT2D eigenvalue weighted by molar-refractivity contribution is 1.65. The van der Waals surface area contributed by atoms with Gasteiger partial charge in [0.2, 0.25) is 0 Å². The summed E-state index contributed by atoms with van der Waals surface area (Å²) in [5.41, 5.74) is 2.89. The number of hydrogen-bond donors (Lipinski definition) is 0. The van der Waals surface area contributed by atoms with Crippen LogP contribution in [0.4, 0.5) is 0 Å². The molecule has 0 unspecified atom stereocenters. The van der Waals surface area contributed by atoms with Crippen LogP contribution >= 0.6 is 11.6 Å². The molecule has 0 aromatic heterocycles. The van der Waals surface area contributed by atoms with Crippen molar-refractivity contribution >= 4 is 27.0 Å². The quantitative estimate of drug-likeness (QED) is 0.559. The van der Waals surface area contributed by atoms with Gasteiger partial charge in [-0.1, -0.05) is 47.1 Å². The van der Waals surface area contributed by atoms with Crippen molar-refractivity contribution in [3.05, 3.63) is 41.4 Å². The van der Waals surface area contributed by atoms with Crippen LogP contribution in [0.2, 0.25) is 0 Å². The molecule has 52 valence electrons. The summed E-state index contributed by atoms with van der Waals surface area (Å²) in [6.45, 7) is 0. The molecular weight excluding hydrogens is 160 g/mol. The molecule has 0 amide bonds. The van der Waals surface area contributed by atoms with E-state index in [4.69, 9.17) is 11.6 Å². The van der Waals surface area contributed by atoms with Crippen LogP contribution in [-0.4, -0.2) is 10.2 Å². The fourth-order valence-electron chi connectivity index (χ4n) is 0.764. The molecule has 0 aliphatic carbocycles. The molecule has 0 bridgehead atoms. The van der Waals surface area contributed by atoms with E-state index in [1.165, 1.54) is 10.8 Å². The molecule has 1 aromatic carbocycles. The van der Waals surface area contributed by atoms with Crippen LogP contribution in [0, 0.1) is 0 Å². The second-order valence-electron chi connectivity index (χ2n) is 2.16. The maximum absolute atomic E-state index is 5.56. The Bertz CT molecular complexity index is 228. The highest BCUT2D eigenvalue weighted by atomic mass is 35.5. The van der Waals surface area contributed by atoms with Crippen molar-refractivity contribution in [3.8, 4) is 0 Å². The van der Waals surface area contributed by atoms with E-state index in [9.17, 15) is 0 Å². The zero-order chi connectivity index (χ0) is 7.40. The maximum atomic E-state index is 5.56. The smallest absolute Gasteiger partial charge is 0.0404 e. The summed E-state index contributed by atoms with van der Waals surface area (Å²) in [7, 11) is 1.01. The molecule has 0 saturated heterocycles. The minimum Gasteiger partial charge on any atom is -0.0931 e. The summed E-state index contributed by atoms with van der Waals surface area (Å²) in [5.74, 6) is 0. The second-order valence-corrected chi connectivity index (χ2v) is 3.45. The monoisotopic (exact) mass is 168 g/mol. The van der Waals surface area contributed by atoms with Gasteiger partial charge in [0.1, 0.15) is 0 Å². The Labute approximate surface area is 68.9 Å². The first-order chi connectivity index (χ1) is 4.84. The molecule has 0 fully saturated rings. The molecule has 0 atom stereocenters. The van der Waals surface area contributed by atoms with Crippen molar-refractivity contribution in [3.63, 3.8) is 0 Å². The summed E-state index contributed by atoms with van der Waals surface area (Å²) in [6, 6.07) is 10.2. The van der Waals surface area contributed by atoms with Crippen LogP contribution in [-0.2, 0) is 0 Å². The standard InChI is InChI=1S/C8H9ClSi/c9-6-8(10)7-4-2-1-3-5-7/h1-6H,10H3. The Morgan fingerprint density at radius 2 is 1.90 bits per heavy atom. The van der Waals surface area contributed by atoms with E-state index < -0.39 is 0 Å². The van der Waals surface area contributed by atoms with Gasteiger partial charge in [-0.2, -0.15) is 0 Å². The topological polar surface area (TPSA) is 0 Å². The van der Waals surface area contributed by atoms with Gasteiger partial charge in [0.25, 0.3) is 0 Å². The minimum absolute atomic E-state index is 1.01. The number of benzene rings is 1. The molecule has 0 nitrogen and oxygen atoms in total. The van der Waals surface area contributed by atoms with Crippen molar-refractivity contribution in [2.45, 2.75) is 0 Å². The van der Waals surface area contributed by atoms with E-state index in [1.54, 1.807) is 5.54 Å². The van der Waals surface area contributed by atoms with E-state index in [0.29, 0.717) is 0 Å². The summed E-state index contributed by atoms with van der Waals surface area (Å²) in [6.07, 6.45) is 0. The highest BCUT2D eigenvalue weighted by Gasteiger charge is 1.89. The Balaban J connectivity index is 2.96. The lowest BCUT2D eigenvalue weighted by atomic mass is 10.2. The first-order valence-electron chi connectivity index (χ1n) is 3.17. The van der Waals surface area contributed by atoms with E-state index in [1.807, 2.05) is 18.2 Å². The van der Waals surface area contributed by atoms with Crippen LogP contribution in [0.5, 0.6) is 0 Å². The second kappa shape index (κ2) is 3.59. The van der Waals surface area contributed by atoms with Gasteiger partial charge in [0.05, 0.1) is 0 Å². The summed E-state index contributed by atoms with van der Waals surface area (Å²) in [5, 5.41) is 1.24. The molecule has 0 aliphatic heterocycles. The largest absolute Gasteiger partial charge is 0.0931 e. The fraction of sp³-hybridized carbons (Fsp3) is 0. The average Bonchev–Trinajstić information content (AvgIpc) is 2.05. The first-order valence-corrected chi connectivity index (χ1v) is 4.60. The van der Waals surface area contributed by atoms with Crippen LogP contribution < -0.4 is 0 Å². The van der Waals surface area contributed by atoms with Gasteiger partial charge < -0.3 is 0 Å². The third-order valence-electron chi connectivity index (χ3n) is 1.39. The van der Waals surface area contributed by atoms with E-state index in [0.717, 1.165) is 10.2 Å². The Morgan fingerprint density at radius 1 is 1.30 bits per heavy atom.